The van der Waals surface area contributed by atoms with Crippen LogP contribution in [0, 0.1) is 5.82 Å². The van der Waals surface area contributed by atoms with Gasteiger partial charge in [-0.3, -0.25) is 9.69 Å². The molecule has 2 amide bonds. The third-order valence-electron chi connectivity index (χ3n) is 5.04. The molecule has 2 N–H and O–H groups in total. The number of carbonyl (C=O) groups excluding carboxylic acids is 2. The fourth-order valence-corrected chi connectivity index (χ4v) is 3.84. The number of fused-ring (bicyclic) bond motifs is 2. The number of hydrogen-bond acceptors (Lipinski definition) is 5. The number of nitrogens with zero attached hydrogens (tertiary/aromatic N) is 2. The number of benzene rings is 1. The smallest absolute Gasteiger partial charge is 0.408 e. The summed E-state index contributed by atoms with van der Waals surface area (Å²) in [5, 5.41) is 11.8. The van der Waals surface area contributed by atoms with Crippen LogP contribution in [0.1, 0.15) is 32.8 Å². The number of aliphatic carboxylic acids is 1. The molecule has 1 unspecified atom stereocenters. The zero-order valence-electron chi connectivity index (χ0n) is 16.7. The number of hydrogen-bond donors (Lipinski definition) is 2. The Kier molecular flexibility index (Phi) is 5.79. The van der Waals surface area contributed by atoms with Crippen LogP contribution in [-0.4, -0.2) is 69.7 Å². The lowest BCUT2D eigenvalue weighted by Gasteiger charge is -2.35. The standard InChI is InChI=1S/C20H26FN3O5/c1-20(2,3)29-19(28)22-15(18(26)27)11-23-10-14-8-16(23)17(25)24(14)9-12-5-4-6-13(21)7-12/h4-7,14-16H,8-11H2,1-3H3,(H,22,28)(H,26,27)/t14-,15?,16-/m0/s1. The van der Waals surface area contributed by atoms with E-state index in [1.54, 1.807) is 42.7 Å². The van der Waals surface area contributed by atoms with Gasteiger partial charge in [0, 0.05) is 25.7 Å². The molecule has 0 aliphatic carbocycles. The van der Waals surface area contributed by atoms with Crippen LogP contribution in [0.5, 0.6) is 0 Å². The predicted molar refractivity (Wildman–Crippen MR) is 102 cm³/mol. The van der Waals surface area contributed by atoms with E-state index in [1.807, 2.05) is 0 Å². The summed E-state index contributed by atoms with van der Waals surface area (Å²) in [6, 6.07) is 4.45. The summed E-state index contributed by atoms with van der Waals surface area (Å²) in [4.78, 5) is 39.8. The van der Waals surface area contributed by atoms with E-state index < -0.39 is 29.7 Å². The first-order chi connectivity index (χ1) is 13.5. The quantitative estimate of drug-likeness (QED) is 0.743. The summed E-state index contributed by atoms with van der Waals surface area (Å²) < 4.78 is 18.5. The number of halogens is 1. The number of amides is 2. The Hall–Kier alpha value is -2.68. The molecule has 2 bridgehead atoms. The highest BCUT2D eigenvalue weighted by Crippen LogP contribution is 2.33. The zero-order valence-corrected chi connectivity index (χ0v) is 16.7. The van der Waals surface area contributed by atoms with E-state index in [2.05, 4.69) is 5.32 Å². The van der Waals surface area contributed by atoms with Crippen LogP contribution in [-0.2, 0) is 20.9 Å². The van der Waals surface area contributed by atoms with Crippen LogP contribution in [0.15, 0.2) is 24.3 Å². The molecule has 29 heavy (non-hydrogen) atoms. The summed E-state index contributed by atoms with van der Waals surface area (Å²) >= 11 is 0. The van der Waals surface area contributed by atoms with Gasteiger partial charge in [0.25, 0.3) is 0 Å². The van der Waals surface area contributed by atoms with Crippen LogP contribution >= 0.6 is 0 Å². The van der Waals surface area contributed by atoms with E-state index in [4.69, 9.17) is 4.74 Å². The Morgan fingerprint density at radius 1 is 1.38 bits per heavy atom. The SMILES string of the molecule is CC(C)(C)OC(=O)NC(CN1C[C@@H]2C[C@H]1C(=O)N2Cc1cccc(F)c1)C(=O)O. The Morgan fingerprint density at radius 2 is 2.10 bits per heavy atom. The van der Waals surface area contributed by atoms with Gasteiger partial charge >= 0.3 is 12.1 Å². The van der Waals surface area contributed by atoms with Gasteiger partial charge in [0.2, 0.25) is 5.91 Å². The Labute approximate surface area is 168 Å². The van der Waals surface area contributed by atoms with Crippen LogP contribution in [0.4, 0.5) is 9.18 Å². The number of carboxylic acids is 1. The number of piperazine rings is 1. The van der Waals surface area contributed by atoms with E-state index in [0.29, 0.717) is 25.1 Å². The molecule has 0 spiro atoms. The van der Waals surface area contributed by atoms with Crippen molar-refractivity contribution in [3.63, 3.8) is 0 Å². The second-order valence-corrected chi connectivity index (χ2v) is 8.49. The first-order valence-corrected chi connectivity index (χ1v) is 9.55. The van der Waals surface area contributed by atoms with Crippen LogP contribution in [0.25, 0.3) is 0 Å². The van der Waals surface area contributed by atoms with Crippen molar-refractivity contribution < 1.29 is 28.6 Å². The highest BCUT2D eigenvalue weighted by atomic mass is 19.1. The van der Waals surface area contributed by atoms with E-state index >= 15 is 0 Å². The fourth-order valence-electron chi connectivity index (χ4n) is 3.84. The first-order valence-electron chi connectivity index (χ1n) is 9.55. The monoisotopic (exact) mass is 407 g/mol. The van der Waals surface area contributed by atoms with Gasteiger partial charge in [-0.1, -0.05) is 12.1 Å². The van der Waals surface area contributed by atoms with Crippen molar-refractivity contribution >= 4 is 18.0 Å². The van der Waals surface area contributed by atoms with Crippen molar-refractivity contribution in [3.05, 3.63) is 35.6 Å². The number of carboxylic acid groups (broad SMARTS) is 1. The van der Waals surface area contributed by atoms with Gasteiger partial charge in [-0.05, 0) is 44.9 Å². The minimum atomic E-state index is -1.19. The minimum Gasteiger partial charge on any atom is -0.480 e. The van der Waals surface area contributed by atoms with E-state index in [1.165, 1.54) is 12.1 Å². The molecule has 2 aliphatic rings. The number of carbonyl (C=O) groups is 3. The highest BCUT2D eigenvalue weighted by Gasteiger charge is 2.50. The number of nitrogens with one attached hydrogen (secondary N) is 1. The van der Waals surface area contributed by atoms with Crippen molar-refractivity contribution in [2.45, 2.75) is 57.5 Å². The molecule has 2 aliphatic heterocycles. The Bertz CT molecular complexity index is 810. The van der Waals surface area contributed by atoms with Crippen LogP contribution in [0.2, 0.25) is 0 Å². The van der Waals surface area contributed by atoms with Crippen LogP contribution in [0.3, 0.4) is 0 Å². The third kappa shape index (κ3) is 5.03. The zero-order chi connectivity index (χ0) is 21.3. The summed E-state index contributed by atoms with van der Waals surface area (Å²) in [6.45, 7) is 5.90. The summed E-state index contributed by atoms with van der Waals surface area (Å²) in [6.07, 6.45) is -0.222. The lowest BCUT2D eigenvalue weighted by Crippen LogP contribution is -2.56. The molecule has 3 rings (SSSR count). The predicted octanol–water partition coefficient (Wildman–Crippen LogP) is 1.59. The first kappa shape index (κ1) is 21.0. The van der Waals surface area contributed by atoms with Crippen molar-refractivity contribution in [2.75, 3.05) is 13.1 Å². The molecule has 2 saturated heterocycles. The third-order valence-corrected chi connectivity index (χ3v) is 5.04. The van der Waals surface area contributed by atoms with E-state index in [9.17, 15) is 23.9 Å². The minimum absolute atomic E-state index is 0.00921. The summed E-state index contributed by atoms with van der Waals surface area (Å²) in [7, 11) is 0. The summed E-state index contributed by atoms with van der Waals surface area (Å²) in [5.74, 6) is -1.65. The molecule has 1 aromatic carbocycles. The van der Waals surface area contributed by atoms with E-state index in [0.717, 1.165) is 0 Å². The second-order valence-electron chi connectivity index (χ2n) is 8.49. The molecular weight excluding hydrogens is 381 g/mol. The van der Waals surface area contributed by atoms with E-state index in [-0.39, 0.29) is 24.3 Å². The van der Waals surface area contributed by atoms with Gasteiger partial charge in [-0.25, -0.2) is 14.0 Å². The molecular formula is C20H26FN3O5. The lowest BCUT2D eigenvalue weighted by atomic mass is 10.1. The van der Waals surface area contributed by atoms with Gasteiger partial charge in [0.1, 0.15) is 17.5 Å². The van der Waals surface area contributed by atoms with Crippen molar-refractivity contribution in [3.8, 4) is 0 Å². The van der Waals surface area contributed by atoms with Crippen molar-refractivity contribution in [2.24, 2.45) is 0 Å². The molecule has 0 saturated carbocycles. The second kappa shape index (κ2) is 7.98. The maximum atomic E-state index is 13.4. The van der Waals surface area contributed by atoms with Crippen LogP contribution < -0.4 is 5.32 Å². The Balaban J connectivity index is 1.60. The average Bonchev–Trinajstić information content (AvgIpc) is 3.12. The van der Waals surface area contributed by atoms with Crippen molar-refractivity contribution in [1.29, 1.82) is 0 Å². The summed E-state index contributed by atoms with van der Waals surface area (Å²) in [5.41, 5.74) is -0.0276. The highest BCUT2D eigenvalue weighted by molar-refractivity contribution is 5.86. The molecule has 9 heteroatoms. The largest absolute Gasteiger partial charge is 0.480 e. The molecule has 158 valence electrons. The fraction of sp³-hybridized carbons (Fsp3) is 0.550. The topological polar surface area (TPSA) is 99.2 Å². The number of alkyl carbamates (subject to hydrolysis) is 1. The Morgan fingerprint density at radius 3 is 2.69 bits per heavy atom. The number of likely N-dealkylation sites (tertiary alicyclic amines) is 2. The van der Waals surface area contributed by atoms with Gasteiger partial charge in [-0.2, -0.15) is 0 Å². The maximum Gasteiger partial charge on any atom is 0.408 e. The number of rotatable bonds is 6. The van der Waals surface area contributed by atoms with Gasteiger partial charge in [-0.15, -0.1) is 0 Å². The van der Waals surface area contributed by atoms with Gasteiger partial charge < -0.3 is 20.1 Å². The molecule has 2 heterocycles. The molecule has 2 fully saturated rings. The molecule has 3 atom stereocenters. The van der Waals surface area contributed by atoms with Crippen molar-refractivity contribution in [1.82, 2.24) is 15.1 Å². The molecule has 0 radical (unpaired) electrons. The lowest BCUT2D eigenvalue weighted by molar-refractivity contribution is -0.143. The average molecular weight is 407 g/mol. The molecule has 8 nitrogen and oxygen atoms in total. The number of ether oxygens (including phenoxy) is 1. The van der Waals surface area contributed by atoms with Gasteiger partial charge in [0.15, 0.2) is 0 Å². The maximum absolute atomic E-state index is 13.4. The van der Waals surface area contributed by atoms with Gasteiger partial charge in [0.05, 0.1) is 6.04 Å². The molecule has 0 aromatic heterocycles. The normalized spacial score (nSPS) is 22.6. The molecule has 1 aromatic rings.